The summed E-state index contributed by atoms with van der Waals surface area (Å²) in [6.45, 7) is 2.76. The van der Waals surface area contributed by atoms with Gasteiger partial charge in [0, 0.05) is 29.6 Å². The molecule has 1 aliphatic heterocycles. The van der Waals surface area contributed by atoms with Crippen LogP contribution in [0.2, 0.25) is 0 Å². The van der Waals surface area contributed by atoms with Crippen LogP contribution in [0.1, 0.15) is 24.1 Å². The van der Waals surface area contributed by atoms with E-state index in [-0.39, 0.29) is 18.7 Å². The third kappa shape index (κ3) is 6.49. The maximum atomic E-state index is 12.1. The molecular formula is C24H27N3O6. The summed E-state index contributed by atoms with van der Waals surface area (Å²) in [7, 11) is 0. The highest BCUT2D eigenvalue weighted by atomic mass is 16.7. The van der Waals surface area contributed by atoms with Gasteiger partial charge in [0.15, 0.2) is 11.5 Å². The van der Waals surface area contributed by atoms with Gasteiger partial charge in [0.05, 0.1) is 0 Å². The highest BCUT2D eigenvalue weighted by molar-refractivity contribution is 5.85. The molecule has 0 spiro atoms. The standard InChI is InChI=1S/C17H21N3O4.C7H6O2/c1-11-12(13-4-2-3-5-14(13)20-11)8-9-18-17(24)15(19-10-21)6-7-16(22)23;1-2-4-7-6(3-1)8-5-9-7/h2-5,10,15,20H,6-9H2,1H3,(H,18,24)(H,19,21)(H,22,23);1-4H,5H2/t15-;/m0./s1. The molecule has 1 aliphatic rings. The number of para-hydroxylation sites is 3. The number of ether oxygens (including phenoxy) is 2. The number of nitrogens with one attached hydrogen (secondary N) is 3. The van der Waals surface area contributed by atoms with Crippen LogP contribution in [0.4, 0.5) is 0 Å². The number of aromatic nitrogens is 1. The number of carboxylic acids is 1. The molecule has 1 atom stereocenters. The van der Waals surface area contributed by atoms with E-state index in [4.69, 9.17) is 14.6 Å². The second kappa shape index (κ2) is 11.6. The molecule has 33 heavy (non-hydrogen) atoms. The van der Waals surface area contributed by atoms with Gasteiger partial charge >= 0.3 is 5.97 Å². The molecule has 4 N–H and O–H groups in total. The van der Waals surface area contributed by atoms with E-state index in [2.05, 4.69) is 15.6 Å². The van der Waals surface area contributed by atoms with Crippen molar-refractivity contribution in [2.24, 2.45) is 0 Å². The van der Waals surface area contributed by atoms with Gasteiger partial charge in [-0.2, -0.15) is 0 Å². The molecule has 2 amide bonds. The van der Waals surface area contributed by atoms with Gasteiger partial charge in [-0.15, -0.1) is 0 Å². The van der Waals surface area contributed by atoms with Crippen molar-refractivity contribution in [1.82, 2.24) is 15.6 Å². The van der Waals surface area contributed by atoms with Crippen LogP contribution in [-0.4, -0.2) is 47.8 Å². The highest BCUT2D eigenvalue weighted by Crippen LogP contribution is 2.30. The molecule has 2 aromatic carbocycles. The smallest absolute Gasteiger partial charge is 0.303 e. The van der Waals surface area contributed by atoms with Crippen LogP contribution in [-0.2, 0) is 20.8 Å². The molecule has 9 heteroatoms. The van der Waals surface area contributed by atoms with Crippen LogP contribution in [0.15, 0.2) is 48.5 Å². The Morgan fingerprint density at radius 2 is 1.79 bits per heavy atom. The number of rotatable bonds is 9. The van der Waals surface area contributed by atoms with Crippen molar-refractivity contribution >= 4 is 29.2 Å². The summed E-state index contributed by atoms with van der Waals surface area (Å²) < 4.78 is 10.2. The van der Waals surface area contributed by atoms with Crippen molar-refractivity contribution < 1.29 is 29.0 Å². The first kappa shape index (κ1) is 23.6. The minimum Gasteiger partial charge on any atom is -0.481 e. The third-order valence-corrected chi connectivity index (χ3v) is 5.21. The predicted octanol–water partition coefficient (Wildman–Crippen LogP) is 2.53. The van der Waals surface area contributed by atoms with Crippen LogP contribution in [0.25, 0.3) is 10.9 Å². The van der Waals surface area contributed by atoms with Gasteiger partial charge in [0.1, 0.15) is 6.04 Å². The van der Waals surface area contributed by atoms with Gasteiger partial charge in [0.2, 0.25) is 19.1 Å². The number of carbonyl (C=O) groups is 3. The fourth-order valence-corrected chi connectivity index (χ4v) is 3.58. The minimum atomic E-state index is -1.00. The Morgan fingerprint density at radius 1 is 1.12 bits per heavy atom. The zero-order valence-electron chi connectivity index (χ0n) is 18.3. The number of carboxylic acid groups (broad SMARTS) is 1. The van der Waals surface area contributed by atoms with Gasteiger partial charge in [0.25, 0.3) is 0 Å². The molecule has 0 radical (unpaired) electrons. The van der Waals surface area contributed by atoms with Crippen LogP contribution < -0.4 is 20.1 Å². The van der Waals surface area contributed by atoms with E-state index in [1.165, 1.54) is 0 Å². The molecule has 174 valence electrons. The van der Waals surface area contributed by atoms with Crippen molar-refractivity contribution in [1.29, 1.82) is 0 Å². The fraction of sp³-hybridized carbons (Fsp3) is 0.292. The summed E-state index contributed by atoms with van der Waals surface area (Å²) in [4.78, 5) is 36.6. The van der Waals surface area contributed by atoms with Gasteiger partial charge < -0.3 is 30.2 Å². The third-order valence-electron chi connectivity index (χ3n) is 5.21. The van der Waals surface area contributed by atoms with E-state index in [0.717, 1.165) is 33.7 Å². The van der Waals surface area contributed by atoms with E-state index in [1.54, 1.807) is 0 Å². The number of amides is 2. The minimum absolute atomic E-state index is 0.0615. The number of benzene rings is 2. The maximum absolute atomic E-state index is 12.1. The van der Waals surface area contributed by atoms with Crippen LogP contribution in [0, 0.1) is 6.92 Å². The molecule has 0 unspecified atom stereocenters. The van der Waals surface area contributed by atoms with Crippen molar-refractivity contribution in [2.75, 3.05) is 13.3 Å². The Kier molecular flexibility index (Phi) is 8.29. The first-order valence-electron chi connectivity index (χ1n) is 10.6. The summed E-state index contributed by atoms with van der Waals surface area (Å²) in [5, 5.41) is 14.9. The number of carbonyl (C=O) groups excluding carboxylic acids is 2. The lowest BCUT2D eigenvalue weighted by Crippen LogP contribution is -2.44. The lowest BCUT2D eigenvalue weighted by atomic mass is 10.1. The Hall–Kier alpha value is -4.01. The molecule has 0 saturated heterocycles. The molecule has 0 bridgehead atoms. The molecule has 1 aromatic heterocycles. The van der Waals surface area contributed by atoms with E-state index in [9.17, 15) is 14.4 Å². The Balaban J connectivity index is 0.000000280. The number of fused-ring (bicyclic) bond motifs is 2. The zero-order valence-corrected chi connectivity index (χ0v) is 18.3. The first-order chi connectivity index (χ1) is 16.0. The van der Waals surface area contributed by atoms with E-state index in [1.807, 2.05) is 55.5 Å². The topological polar surface area (TPSA) is 130 Å². The van der Waals surface area contributed by atoms with Crippen molar-refractivity contribution in [3.63, 3.8) is 0 Å². The Bertz CT molecular complexity index is 1090. The molecule has 0 fully saturated rings. The largest absolute Gasteiger partial charge is 0.481 e. The molecule has 4 rings (SSSR count). The zero-order chi connectivity index (χ0) is 23.6. The summed E-state index contributed by atoms with van der Waals surface area (Å²) in [5.41, 5.74) is 3.24. The lowest BCUT2D eigenvalue weighted by Gasteiger charge is -2.15. The number of hydrogen-bond acceptors (Lipinski definition) is 5. The number of H-pyrrole nitrogens is 1. The van der Waals surface area contributed by atoms with Gasteiger partial charge in [-0.3, -0.25) is 14.4 Å². The van der Waals surface area contributed by atoms with Gasteiger partial charge in [-0.25, -0.2) is 0 Å². The highest BCUT2D eigenvalue weighted by Gasteiger charge is 2.18. The molecular weight excluding hydrogens is 426 g/mol. The molecule has 0 aliphatic carbocycles. The summed E-state index contributed by atoms with van der Waals surface area (Å²) >= 11 is 0. The average molecular weight is 453 g/mol. The van der Waals surface area contributed by atoms with Crippen LogP contribution in [0.3, 0.4) is 0 Å². The van der Waals surface area contributed by atoms with Crippen LogP contribution in [0.5, 0.6) is 11.5 Å². The SMILES string of the molecule is Cc1[nH]c2ccccc2c1CCNC(=O)[C@H](CCC(=O)O)NC=O.c1ccc2c(c1)OCO2. The number of aryl methyl sites for hydroxylation is 1. The van der Waals surface area contributed by atoms with Crippen molar-refractivity contribution in [3.05, 3.63) is 59.8 Å². The summed E-state index contributed by atoms with van der Waals surface area (Å²) in [6, 6.07) is 14.8. The number of aliphatic carboxylic acids is 1. The maximum Gasteiger partial charge on any atom is 0.303 e. The predicted molar refractivity (Wildman–Crippen MR) is 122 cm³/mol. The quantitative estimate of drug-likeness (QED) is 0.369. The molecule has 3 aromatic rings. The second-order valence-corrected chi connectivity index (χ2v) is 7.44. The summed E-state index contributed by atoms with van der Waals surface area (Å²) in [6.07, 6.45) is 0.941. The van der Waals surface area contributed by atoms with Gasteiger partial charge in [-0.1, -0.05) is 30.3 Å². The van der Waals surface area contributed by atoms with Crippen molar-refractivity contribution in [3.8, 4) is 11.5 Å². The van der Waals surface area contributed by atoms with Crippen LogP contribution >= 0.6 is 0 Å². The van der Waals surface area contributed by atoms with Gasteiger partial charge in [-0.05, 0) is 43.5 Å². The second-order valence-electron chi connectivity index (χ2n) is 7.44. The summed E-state index contributed by atoms with van der Waals surface area (Å²) in [5.74, 6) is 0.311. The first-order valence-corrected chi connectivity index (χ1v) is 10.6. The lowest BCUT2D eigenvalue weighted by molar-refractivity contribution is -0.137. The average Bonchev–Trinajstić information content (AvgIpc) is 3.41. The van der Waals surface area contributed by atoms with E-state index in [0.29, 0.717) is 26.2 Å². The molecule has 9 nitrogen and oxygen atoms in total. The fourth-order valence-electron chi connectivity index (χ4n) is 3.58. The number of aromatic amines is 1. The van der Waals surface area contributed by atoms with Crippen molar-refractivity contribution in [2.45, 2.75) is 32.2 Å². The molecule has 2 heterocycles. The number of hydrogen-bond donors (Lipinski definition) is 4. The Labute approximate surface area is 191 Å². The van der Waals surface area contributed by atoms with E-state index >= 15 is 0 Å². The Morgan fingerprint density at radius 3 is 2.45 bits per heavy atom. The monoisotopic (exact) mass is 453 g/mol. The van der Waals surface area contributed by atoms with E-state index < -0.39 is 12.0 Å². The normalized spacial score (nSPS) is 12.4. The molecule has 0 saturated carbocycles.